The highest BCUT2D eigenvalue weighted by molar-refractivity contribution is 6.83. The normalized spacial score (nSPS) is 30.5. The molecule has 0 spiro atoms. The molecule has 1 saturated heterocycles. The lowest BCUT2D eigenvalue weighted by Gasteiger charge is -2.41. The molecule has 148 valence electrons. The molecule has 0 aromatic carbocycles. The molecule has 0 aromatic rings. The van der Waals surface area contributed by atoms with Crippen LogP contribution in [0.3, 0.4) is 0 Å². The average molecular weight is 379 g/mol. The highest BCUT2D eigenvalue weighted by Crippen LogP contribution is 2.56. The predicted octanol–water partition coefficient (Wildman–Crippen LogP) is 5.37. The third-order valence-corrected chi connectivity index (χ3v) is 8.81. The minimum Gasteiger partial charge on any atom is -0.393 e. The zero-order chi connectivity index (χ0) is 18.9. The van der Waals surface area contributed by atoms with Gasteiger partial charge in [0.25, 0.3) is 0 Å². The van der Waals surface area contributed by atoms with Crippen molar-refractivity contribution in [1.29, 1.82) is 0 Å². The molecule has 0 radical (unpaired) electrons. The second kappa shape index (κ2) is 7.90. The van der Waals surface area contributed by atoms with Crippen LogP contribution >= 0.6 is 0 Å². The maximum Gasteiger partial charge on any atom is 0.158 e. The van der Waals surface area contributed by atoms with E-state index in [0.29, 0.717) is 0 Å². The molecule has 0 aromatic heterocycles. The van der Waals surface area contributed by atoms with Gasteiger partial charge in [-0.1, -0.05) is 50.7 Å². The average Bonchev–Trinajstić information content (AvgIpc) is 3.16. The lowest BCUT2D eigenvalue weighted by Crippen LogP contribution is -2.34. The Morgan fingerprint density at radius 3 is 2.42 bits per heavy atom. The van der Waals surface area contributed by atoms with Crippen LogP contribution in [0.15, 0.2) is 21.9 Å². The quantitative estimate of drug-likeness (QED) is 0.606. The summed E-state index contributed by atoms with van der Waals surface area (Å²) in [7, 11) is -1.42. The van der Waals surface area contributed by atoms with E-state index < -0.39 is 8.07 Å². The van der Waals surface area contributed by atoms with Gasteiger partial charge in [-0.05, 0) is 55.1 Å². The summed E-state index contributed by atoms with van der Waals surface area (Å²) in [4.78, 5) is 0. The second-order valence-electron chi connectivity index (χ2n) is 9.78. The molecule has 2 aliphatic carbocycles. The van der Waals surface area contributed by atoms with Crippen molar-refractivity contribution in [2.75, 3.05) is 13.2 Å². The molecule has 2 atom stereocenters. The highest BCUT2D eigenvalue weighted by atomic mass is 28.3. The molecule has 3 rings (SSSR count). The number of aliphatic hydroxyl groups excluding tert-OH is 1. The zero-order valence-corrected chi connectivity index (χ0v) is 18.5. The van der Waals surface area contributed by atoms with Crippen LogP contribution < -0.4 is 0 Å². The number of aliphatic hydroxyl groups is 1. The van der Waals surface area contributed by atoms with Crippen LogP contribution in [0.4, 0.5) is 0 Å². The topological polar surface area (TPSA) is 38.7 Å². The number of fused-ring (bicyclic) bond motifs is 1. The maximum atomic E-state index is 10.5. The Kier molecular flexibility index (Phi) is 6.17. The van der Waals surface area contributed by atoms with Gasteiger partial charge in [0.1, 0.15) is 0 Å². The Morgan fingerprint density at radius 2 is 1.81 bits per heavy atom. The highest BCUT2D eigenvalue weighted by Gasteiger charge is 2.46. The van der Waals surface area contributed by atoms with E-state index >= 15 is 0 Å². The van der Waals surface area contributed by atoms with E-state index in [1.165, 1.54) is 19.3 Å². The van der Waals surface area contributed by atoms with Crippen molar-refractivity contribution in [3.63, 3.8) is 0 Å². The van der Waals surface area contributed by atoms with Gasteiger partial charge in [0.2, 0.25) is 0 Å². The summed E-state index contributed by atoms with van der Waals surface area (Å²) >= 11 is 0. The number of rotatable bonds is 7. The molecule has 0 unspecified atom stereocenters. The fourth-order valence-corrected chi connectivity index (χ4v) is 7.34. The van der Waals surface area contributed by atoms with E-state index in [1.54, 1.807) is 21.9 Å². The number of allylic oxidation sites excluding steroid dienone is 3. The van der Waals surface area contributed by atoms with Gasteiger partial charge in [0.15, 0.2) is 6.29 Å². The molecule has 0 amide bonds. The van der Waals surface area contributed by atoms with E-state index in [0.717, 1.165) is 45.3 Å². The first-order valence-corrected chi connectivity index (χ1v) is 14.1. The SMILES string of the molecule is CCCCC1=C2C[C@@H](O)C[C@@]2(C)CC([Si](C)(C)C)=C1CCC1OCCO1. The molecule has 1 aliphatic heterocycles. The smallest absolute Gasteiger partial charge is 0.158 e. The Balaban J connectivity index is 1.97. The summed E-state index contributed by atoms with van der Waals surface area (Å²) in [5.41, 5.74) is 4.98. The first kappa shape index (κ1) is 20.3. The summed E-state index contributed by atoms with van der Waals surface area (Å²) in [5.74, 6) is 0. The first-order chi connectivity index (χ1) is 12.2. The number of hydrogen-bond acceptors (Lipinski definition) is 3. The van der Waals surface area contributed by atoms with E-state index in [2.05, 4.69) is 33.5 Å². The van der Waals surface area contributed by atoms with Crippen molar-refractivity contribution in [1.82, 2.24) is 0 Å². The van der Waals surface area contributed by atoms with Crippen molar-refractivity contribution in [2.24, 2.45) is 5.41 Å². The van der Waals surface area contributed by atoms with Gasteiger partial charge in [-0.15, -0.1) is 0 Å². The van der Waals surface area contributed by atoms with Crippen LogP contribution in [-0.2, 0) is 9.47 Å². The third-order valence-electron chi connectivity index (χ3n) is 6.52. The van der Waals surface area contributed by atoms with Crippen molar-refractivity contribution < 1.29 is 14.6 Å². The molecule has 3 aliphatic rings. The van der Waals surface area contributed by atoms with Crippen LogP contribution in [0.25, 0.3) is 0 Å². The fraction of sp³-hybridized carbons (Fsp3) is 0.818. The standard InChI is InChI=1S/C22H38O3Si/c1-6-7-8-17-18(9-10-21-24-11-12-25-21)20(26(3,4)5)15-22(2)14-16(23)13-19(17)22/h16,21,23H,6-15H2,1-5H3/t16-,22+/m1/s1. The molecule has 26 heavy (non-hydrogen) atoms. The zero-order valence-electron chi connectivity index (χ0n) is 17.5. The second-order valence-corrected chi connectivity index (χ2v) is 14.9. The van der Waals surface area contributed by atoms with E-state index in [1.807, 2.05) is 0 Å². The predicted molar refractivity (Wildman–Crippen MR) is 110 cm³/mol. The third kappa shape index (κ3) is 4.19. The molecule has 2 fully saturated rings. The van der Waals surface area contributed by atoms with E-state index in [9.17, 15) is 5.11 Å². The molecular weight excluding hydrogens is 340 g/mol. The molecule has 3 nitrogen and oxygen atoms in total. The van der Waals surface area contributed by atoms with Crippen LogP contribution in [-0.4, -0.2) is 38.8 Å². The van der Waals surface area contributed by atoms with Gasteiger partial charge in [-0.25, -0.2) is 0 Å². The minimum atomic E-state index is -1.42. The lowest BCUT2D eigenvalue weighted by molar-refractivity contribution is -0.0461. The van der Waals surface area contributed by atoms with Crippen molar-refractivity contribution in [2.45, 2.75) is 97.2 Å². The number of ether oxygens (including phenoxy) is 2. The molecule has 1 saturated carbocycles. The Bertz CT molecular complexity index is 581. The monoisotopic (exact) mass is 378 g/mol. The van der Waals surface area contributed by atoms with Gasteiger partial charge < -0.3 is 14.6 Å². The van der Waals surface area contributed by atoms with Gasteiger partial charge in [-0.3, -0.25) is 0 Å². The Hall–Kier alpha value is -0.423. The lowest BCUT2D eigenvalue weighted by atomic mass is 9.71. The van der Waals surface area contributed by atoms with Crippen LogP contribution in [0.2, 0.25) is 19.6 Å². The van der Waals surface area contributed by atoms with Gasteiger partial charge >= 0.3 is 0 Å². The Labute approximate surface area is 160 Å². The number of hydrogen-bond donors (Lipinski definition) is 1. The number of unbranched alkanes of at least 4 members (excludes halogenated alkanes) is 1. The van der Waals surface area contributed by atoms with Crippen molar-refractivity contribution in [3.8, 4) is 0 Å². The van der Waals surface area contributed by atoms with Gasteiger partial charge in [0, 0.05) is 6.42 Å². The summed E-state index contributed by atoms with van der Waals surface area (Å²) < 4.78 is 11.4. The molecule has 0 bridgehead atoms. The molecule has 1 heterocycles. The minimum absolute atomic E-state index is 0.0229. The first-order valence-electron chi connectivity index (χ1n) is 10.6. The summed E-state index contributed by atoms with van der Waals surface area (Å²) in [6.45, 7) is 13.6. The van der Waals surface area contributed by atoms with Gasteiger partial charge in [-0.2, -0.15) is 0 Å². The van der Waals surface area contributed by atoms with Crippen LogP contribution in [0, 0.1) is 5.41 Å². The summed E-state index contributed by atoms with van der Waals surface area (Å²) in [6, 6.07) is 0. The van der Waals surface area contributed by atoms with Crippen LogP contribution in [0.5, 0.6) is 0 Å². The maximum absolute atomic E-state index is 10.5. The fourth-order valence-electron chi connectivity index (χ4n) is 5.24. The van der Waals surface area contributed by atoms with E-state index in [4.69, 9.17) is 9.47 Å². The van der Waals surface area contributed by atoms with Crippen LogP contribution in [0.1, 0.15) is 65.2 Å². The molecular formula is C22H38O3Si. The summed E-state index contributed by atoms with van der Waals surface area (Å²) in [6.07, 6.45) is 8.47. The van der Waals surface area contributed by atoms with Gasteiger partial charge in [0.05, 0.1) is 27.4 Å². The van der Waals surface area contributed by atoms with Crippen molar-refractivity contribution in [3.05, 3.63) is 21.9 Å². The molecule has 4 heteroatoms. The Morgan fingerprint density at radius 1 is 1.12 bits per heavy atom. The van der Waals surface area contributed by atoms with Crippen molar-refractivity contribution >= 4 is 8.07 Å². The summed E-state index contributed by atoms with van der Waals surface area (Å²) in [5, 5.41) is 12.2. The van der Waals surface area contributed by atoms with E-state index in [-0.39, 0.29) is 17.8 Å². The molecule has 1 N–H and O–H groups in total. The largest absolute Gasteiger partial charge is 0.393 e.